The van der Waals surface area contributed by atoms with E-state index in [0.29, 0.717) is 6.54 Å². The highest BCUT2D eigenvalue weighted by atomic mass is 32.2. The van der Waals surface area contributed by atoms with Gasteiger partial charge in [0.25, 0.3) is 0 Å². The number of hydrogen-bond acceptors (Lipinski definition) is 3. The Balaban J connectivity index is 2.14. The Kier molecular flexibility index (Phi) is 4.96. The Labute approximate surface area is 121 Å². The van der Waals surface area contributed by atoms with Crippen LogP contribution in [0.1, 0.15) is 24.0 Å². The third kappa shape index (κ3) is 3.91. The highest BCUT2D eigenvalue weighted by Crippen LogP contribution is 2.30. The summed E-state index contributed by atoms with van der Waals surface area (Å²) in [7, 11) is -1.39. The lowest BCUT2D eigenvalue weighted by Gasteiger charge is -2.20. The van der Waals surface area contributed by atoms with Crippen LogP contribution in [0.25, 0.3) is 0 Å². The van der Waals surface area contributed by atoms with E-state index < -0.39 is 10.0 Å². The van der Waals surface area contributed by atoms with Gasteiger partial charge in [-0.2, -0.15) is 4.31 Å². The zero-order chi connectivity index (χ0) is 14.6. The summed E-state index contributed by atoms with van der Waals surface area (Å²) >= 11 is 0. The summed E-state index contributed by atoms with van der Waals surface area (Å²) in [4.78, 5) is 0. The Morgan fingerprint density at radius 2 is 2.10 bits per heavy atom. The minimum atomic E-state index is -3.26. The largest absolute Gasteiger partial charge is 0.316 e. The molecule has 0 unspecified atom stereocenters. The van der Waals surface area contributed by atoms with Gasteiger partial charge < -0.3 is 5.32 Å². The Morgan fingerprint density at radius 1 is 1.40 bits per heavy atom. The number of sulfonamides is 1. The van der Waals surface area contributed by atoms with Crippen LogP contribution in [0.4, 0.5) is 0 Å². The number of benzene rings is 1. The summed E-state index contributed by atoms with van der Waals surface area (Å²) in [6, 6.07) is 7.91. The average molecular weight is 294 g/mol. The van der Waals surface area contributed by atoms with Crippen LogP contribution in [0.2, 0.25) is 0 Å². The van der Waals surface area contributed by atoms with Gasteiger partial charge in [0.1, 0.15) is 0 Å². The summed E-state index contributed by atoms with van der Waals surface area (Å²) < 4.78 is 26.6. The van der Waals surface area contributed by atoms with E-state index in [-0.39, 0.29) is 11.8 Å². The molecule has 1 fully saturated rings. The molecule has 0 saturated heterocycles. The van der Waals surface area contributed by atoms with Crippen molar-refractivity contribution in [2.24, 2.45) is 0 Å². The third-order valence-corrected chi connectivity index (χ3v) is 5.20. The topological polar surface area (TPSA) is 49.4 Å². The van der Waals surface area contributed by atoms with Crippen molar-refractivity contribution in [3.8, 4) is 0 Å². The maximum atomic E-state index is 12.5. The molecular formula is C15H22N2O2S. The molecule has 0 heterocycles. The van der Waals surface area contributed by atoms with Crippen molar-refractivity contribution in [1.29, 1.82) is 0 Å². The van der Waals surface area contributed by atoms with E-state index >= 15 is 0 Å². The van der Waals surface area contributed by atoms with Gasteiger partial charge >= 0.3 is 0 Å². The summed E-state index contributed by atoms with van der Waals surface area (Å²) in [5.41, 5.74) is 1.94. The van der Waals surface area contributed by atoms with Gasteiger partial charge in [0.2, 0.25) is 10.0 Å². The molecule has 1 aromatic carbocycles. The van der Waals surface area contributed by atoms with Crippen molar-refractivity contribution >= 4 is 10.0 Å². The highest BCUT2D eigenvalue weighted by molar-refractivity contribution is 7.88. The van der Waals surface area contributed by atoms with Crippen LogP contribution in [-0.2, 0) is 22.3 Å². The molecular weight excluding hydrogens is 272 g/mol. The molecule has 0 spiro atoms. The third-order valence-electron chi connectivity index (χ3n) is 3.34. The zero-order valence-corrected chi connectivity index (χ0v) is 12.7. The van der Waals surface area contributed by atoms with E-state index in [2.05, 4.69) is 11.9 Å². The van der Waals surface area contributed by atoms with E-state index in [1.165, 1.54) is 0 Å². The van der Waals surface area contributed by atoms with Crippen LogP contribution in [0.5, 0.6) is 0 Å². The van der Waals surface area contributed by atoms with Crippen LogP contribution < -0.4 is 5.32 Å². The van der Waals surface area contributed by atoms with Gasteiger partial charge in [-0.15, -0.1) is 6.58 Å². The smallest absolute Gasteiger partial charge is 0.218 e. The molecule has 4 nitrogen and oxygen atoms in total. The molecule has 1 N–H and O–H groups in total. The first-order chi connectivity index (χ1) is 9.56. The Bertz CT molecular complexity index is 565. The second kappa shape index (κ2) is 6.52. The quantitative estimate of drug-likeness (QED) is 0.745. The van der Waals surface area contributed by atoms with Crippen molar-refractivity contribution in [2.45, 2.75) is 31.2 Å². The average Bonchev–Trinajstić information content (AvgIpc) is 3.20. The molecule has 110 valence electrons. The molecule has 2 rings (SSSR count). The molecule has 1 saturated carbocycles. The molecule has 1 aliphatic carbocycles. The predicted octanol–water partition coefficient (Wildman–Crippen LogP) is 1.89. The van der Waals surface area contributed by atoms with Crippen molar-refractivity contribution in [2.75, 3.05) is 13.6 Å². The fourth-order valence-electron chi connectivity index (χ4n) is 2.31. The van der Waals surface area contributed by atoms with Crippen molar-refractivity contribution in [3.63, 3.8) is 0 Å². The zero-order valence-electron chi connectivity index (χ0n) is 11.9. The Hall–Kier alpha value is -1.17. The maximum absolute atomic E-state index is 12.5. The number of hydrogen-bond donors (Lipinski definition) is 1. The predicted molar refractivity (Wildman–Crippen MR) is 81.8 cm³/mol. The number of rotatable bonds is 8. The van der Waals surface area contributed by atoms with Crippen molar-refractivity contribution in [1.82, 2.24) is 9.62 Å². The lowest BCUT2D eigenvalue weighted by molar-refractivity contribution is 0.435. The lowest BCUT2D eigenvalue weighted by atomic mass is 10.1. The van der Waals surface area contributed by atoms with E-state index in [1.54, 1.807) is 10.4 Å². The first-order valence-corrected chi connectivity index (χ1v) is 8.50. The van der Waals surface area contributed by atoms with Crippen molar-refractivity contribution in [3.05, 3.63) is 48.0 Å². The van der Waals surface area contributed by atoms with Gasteiger partial charge in [-0.25, -0.2) is 8.42 Å². The summed E-state index contributed by atoms with van der Waals surface area (Å²) in [5, 5.41) is 3.07. The minimum absolute atomic E-state index is 0.0644. The number of nitrogens with one attached hydrogen (secondary N) is 1. The maximum Gasteiger partial charge on any atom is 0.218 e. The first kappa shape index (κ1) is 15.2. The van der Waals surface area contributed by atoms with Crippen LogP contribution in [0.15, 0.2) is 36.9 Å². The molecule has 1 aliphatic rings. The van der Waals surface area contributed by atoms with Gasteiger partial charge in [-0.1, -0.05) is 30.3 Å². The van der Waals surface area contributed by atoms with E-state index in [1.807, 2.05) is 31.3 Å². The SMILES string of the molecule is C=CCN(C1CC1)S(=O)(=O)Cc1cccc(CNC)c1. The molecule has 0 aromatic heterocycles. The van der Waals surface area contributed by atoms with Crippen LogP contribution in [0, 0.1) is 0 Å². The minimum Gasteiger partial charge on any atom is -0.316 e. The summed E-state index contributed by atoms with van der Waals surface area (Å²) in [6.45, 7) is 4.80. The molecule has 0 bridgehead atoms. The van der Waals surface area contributed by atoms with E-state index in [4.69, 9.17) is 0 Å². The standard InChI is InChI=1S/C15H22N2O2S/c1-3-9-17(15-7-8-15)20(18,19)12-14-6-4-5-13(10-14)11-16-2/h3-6,10,15-16H,1,7-9,11-12H2,2H3. The lowest BCUT2D eigenvalue weighted by Crippen LogP contribution is -2.34. The van der Waals surface area contributed by atoms with Gasteiger partial charge in [0, 0.05) is 19.1 Å². The fourth-order valence-corrected chi connectivity index (χ4v) is 4.07. The van der Waals surface area contributed by atoms with Crippen LogP contribution in [-0.4, -0.2) is 32.4 Å². The molecule has 0 amide bonds. The highest BCUT2D eigenvalue weighted by Gasteiger charge is 2.36. The van der Waals surface area contributed by atoms with E-state index in [0.717, 1.165) is 30.5 Å². The van der Waals surface area contributed by atoms with Crippen molar-refractivity contribution < 1.29 is 8.42 Å². The molecule has 0 atom stereocenters. The summed E-state index contributed by atoms with van der Waals surface area (Å²) in [5.74, 6) is 0.0644. The molecule has 0 radical (unpaired) electrons. The van der Waals surface area contributed by atoms with E-state index in [9.17, 15) is 8.42 Å². The van der Waals surface area contributed by atoms with Crippen LogP contribution >= 0.6 is 0 Å². The van der Waals surface area contributed by atoms with Gasteiger partial charge in [-0.05, 0) is 31.0 Å². The number of nitrogens with zero attached hydrogens (tertiary/aromatic N) is 1. The normalized spacial score (nSPS) is 15.5. The monoisotopic (exact) mass is 294 g/mol. The molecule has 1 aromatic rings. The molecule has 0 aliphatic heterocycles. The molecule has 20 heavy (non-hydrogen) atoms. The van der Waals surface area contributed by atoms with Gasteiger partial charge in [0.15, 0.2) is 0 Å². The summed E-state index contributed by atoms with van der Waals surface area (Å²) in [6.07, 6.45) is 3.59. The fraction of sp³-hybridized carbons (Fsp3) is 0.467. The second-order valence-electron chi connectivity index (χ2n) is 5.20. The second-order valence-corrected chi connectivity index (χ2v) is 7.12. The molecule has 5 heteroatoms. The first-order valence-electron chi connectivity index (χ1n) is 6.89. The van der Waals surface area contributed by atoms with Gasteiger partial charge in [-0.3, -0.25) is 0 Å². The Morgan fingerprint density at radius 3 is 2.70 bits per heavy atom. The van der Waals surface area contributed by atoms with Gasteiger partial charge in [0.05, 0.1) is 5.75 Å². The van der Waals surface area contributed by atoms with Crippen LogP contribution in [0.3, 0.4) is 0 Å².